The maximum atomic E-state index is 10.8. The van der Waals surface area contributed by atoms with Crippen LogP contribution in [-0.4, -0.2) is 40.1 Å². The van der Waals surface area contributed by atoms with Crippen molar-refractivity contribution in [3.8, 4) is 0 Å². The summed E-state index contributed by atoms with van der Waals surface area (Å²) in [6.45, 7) is 2.56. The number of guanidine groups is 1. The van der Waals surface area contributed by atoms with Crippen LogP contribution in [-0.2, 0) is 13.1 Å². The highest BCUT2D eigenvalue weighted by Crippen LogP contribution is 2.14. The zero-order valence-electron chi connectivity index (χ0n) is 15.8. The van der Waals surface area contributed by atoms with Gasteiger partial charge < -0.3 is 15.3 Å². The number of piperidine rings is 1. The summed E-state index contributed by atoms with van der Waals surface area (Å²) in [7, 11) is 0. The van der Waals surface area contributed by atoms with Gasteiger partial charge in [0.2, 0.25) is 0 Å². The Labute approximate surface area is 195 Å². The van der Waals surface area contributed by atoms with E-state index in [1.807, 2.05) is 24.3 Å². The van der Waals surface area contributed by atoms with E-state index in [-0.39, 0.29) is 35.8 Å². The first-order chi connectivity index (χ1) is 13.5. The van der Waals surface area contributed by atoms with Crippen molar-refractivity contribution in [1.29, 1.82) is 0 Å². The predicted octanol–water partition coefficient (Wildman–Crippen LogP) is 4.08. The van der Waals surface area contributed by atoms with E-state index in [1.165, 1.54) is 12.1 Å². The molecule has 0 spiro atoms. The highest BCUT2D eigenvalue weighted by atomic mass is 127. The van der Waals surface area contributed by atoms with Crippen LogP contribution in [0.1, 0.15) is 24.0 Å². The molecule has 0 radical (unpaired) electrons. The summed E-state index contributed by atoms with van der Waals surface area (Å²) in [6, 6.07) is 14.6. The Kier molecular flexibility index (Phi) is 9.31. The Hall–Kier alpha value is -1.72. The molecular weight excluding hydrogens is 551 g/mol. The molecule has 2 aromatic rings. The lowest BCUT2D eigenvalue weighted by Gasteiger charge is -2.32. The van der Waals surface area contributed by atoms with Gasteiger partial charge in [-0.05, 0) is 36.1 Å². The van der Waals surface area contributed by atoms with Crippen molar-refractivity contribution < 1.29 is 10.0 Å². The Morgan fingerprint density at radius 2 is 1.72 bits per heavy atom. The highest BCUT2D eigenvalue weighted by Gasteiger charge is 2.20. The Morgan fingerprint density at radius 1 is 1.14 bits per heavy atom. The smallest absolute Gasteiger partial charge is 0.269 e. The fourth-order valence-corrected chi connectivity index (χ4v) is 3.28. The van der Waals surface area contributed by atoms with Gasteiger partial charge in [0.05, 0.1) is 17.6 Å². The lowest BCUT2D eigenvalue weighted by Crippen LogP contribution is -2.46. The number of benzene rings is 2. The standard InChI is InChI=1S/C20H23BrN4O3.HI/c21-17-5-1-15(2-6-17)13-22-20(24-11-9-19(26)10-12-24)23-14-16-3-7-18(8-4-16)25(27)28;/h1-8,19,26H,9-14H2,(H,22,23);1H. The second kappa shape index (κ2) is 11.5. The van der Waals surface area contributed by atoms with Gasteiger partial charge in [0.25, 0.3) is 5.69 Å². The number of aliphatic hydroxyl groups excluding tert-OH is 1. The molecule has 1 aliphatic heterocycles. The second-order valence-electron chi connectivity index (χ2n) is 6.76. The van der Waals surface area contributed by atoms with Crippen LogP contribution < -0.4 is 5.32 Å². The summed E-state index contributed by atoms with van der Waals surface area (Å²) in [6.07, 6.45) is 1.19. The zero-order chi connectivity index (χ0) is 19.9. The number of non-ortho nitro benzene ring substituents is 1. The number of likely N-dealkylation sites (tertiary alicyclic amines) is 1. The van der Waals surface area contributed by atoms with Gasteiger partial charge in [-0.3, -0.25) is 10.1 Å². The minimum Gasteiger partial charge on any atom is -0.393 e. The fraction of sp³-hybridized carbons (Fsp3) is 0.350. The van der Waals surface area contributed by atoms with Gasteiger partial charge in [-0.15, -0.1) is 24.0 Å². The van der Waals surface area contributed by atoms with Gasteiger partial charge in [-0.25, -0.2) is 4.99 Å². The first kappa shape index (κ1) is 23.6. The molecule has 1 saturated heterocycles. The molecule has 29 heavy (non-hydrogen) atoms. The zero-order valence-corrected chi connectivity index (χ0v) is 19.7. The van der Waals surface area contributed by atoms with E-state index in [0.29, 0.717) is 13.1 Å². The van der Waals surface area contributed by atoms with Crippen LogP contribution in [0.25, 0.3) is 0 Å². The molecule has 0 bridgehead atoms. The van der Waals surface area contributed by atoms with E-state index in [9.17, 15) is 15.2 Å². The minimum atomic E-state index is -0.401. The molecule has 9 heteroatoms. The average Bonchev–Trinajstić information content (AvgIpc) is 2.70. The van der Waals surface area contributed by atoms with Gasteiger partial charge in [0, 0.05) is 36.2 Å². The van der Waals surface area contributed by atoms with E-state index in [2.05, 4.69) is 26.1 Å². The number of nitro benzene ring substituents is 1. The molecule has 2 aromatic carbocycles. The number of halogens is 2. The SMILES string of the molecule is I.O=[N+]([O-])c1ccc(CNC(=NCc2ccc(Br)cc2)N2CCC(O)CC2)cc1. The van der Waals surface area contributed by atoms with Crippen LogP contribution >= 0.6 is 39.9 Å². The summed E-state index contributed by atoms with van der Waals surface area (Å²) >= 11 is 3.44. The average molecular weight is 575 g/mol. The molecule has 0 saturated carbocycles. The van der Waals surface area contributed by atoms with Crippen LogP contribution in [0.3, 0.4) is 0 Å². The second-order valence-corrected chi connectivity index (χ2v) is 7.68. The number of nitrogens with zero attached hydrogens (tertiary/aromatic N) is 3. The molecule has 156 valence electrons. The predicted molar refractivity (Wildman–Crippen MR) is 127 cm³/mol. The van der Waals surface area contributed by atoms with Crippen molar-refractivity contribution in [1.82, 2.24) is 10.2 Å². The molecule has 0 aliphatic carbocycles. The van der Waals surface area contributed by atoms with Gasteiger partial charge in [-0.1, -0.05) is 40.2 Å². The number of nitro groups is 1. The maximum absolute atomic E-state index is 10.8. The summed E-state index contributed by atoms with van der Waals surface area (Å²) in [5.74, 6) is 0.785. The molecule has 1 aliphatic rings. The van der Waals surface area contributed by atoms with Crippen molar-refractivity contribution in [2.24, 2.45) is 4.99 Å². The van der Waals surface area contributed by atoms with Crippen LogP contribution in [0, 0.1) is 10.1 Å². The van der Waals surface area contributed by atoms with Crippen molar-refractivity contribution >= 4 is 51.6 Å². The Morgan fingerprint density at radius 3 is 2.31 bits per heavy atom. The third-order valence-electron chi connectivity index (χ3n) is 4.69. The van der Waals surface area contributed by atoms with Crippen LogP contribution in [0.2, 0.25) is 0 Å². The molecule has 0 amide bonds. The van der Waals surface area contributed by atoms with Gasteiger partial charge >= 0.3 is 0 Å². The molecule has 0 atom stereocenters. The largest absolute Gasteiger partial charge is 0.393 e. The molecule has 0 aromatic heterocycles. The number of rotatable bonds is 5. The van der Waals surface area contributed by atoms with E-state index in [4.69, 9.17) is 4.99 Å². The van der Waals surface area contributed by atoms with Gasteiger partial charge in [0.15, 0.2) is 5.96 Å². The van der Waals surface area contributed by atoms with E-state index in [0.717, 1.165) is 47.5 Å². The Balaban J connectivity index is 0.00000300. The summed E-state index contributed by atoms with van der Waals surface area (Å²) in [5.41, 5.74) is 2.13. The minimum absolute atomic E-state index is 0. The number of nitrogens with one attached hydrogen (secondary N) is 1. The molecular formula is C20H24BrIN4O3. The normalized spacial score (nSPS) is 15.0. The van der Waals surface area contributed by atoms with Crippen LogP contribution in [0.4, 0.5) is 5.69 Å². The van der Waals surface area contributed by atoms with E-state index < -0.39 is 4.92 Å². The number of aliphatic hydroxyl groups is 1. The van der Waals surface area contributed by atoms with Crippen LogP contribution in [0.15, 0.2) is 58.0 Å². The van der Waals surface area contributed by atoms with Gasteiger partial charge in [-0.2, -0.15) is 0 Å². The first-order valence-electron chi connectivity index (χ1n) is 9.20. The fourth-order valence-electron chi connectivity index (χ4n) is 3.02. The quantitative estimate of drug-likeness (QED) is 0.185. The van der Waals surface area contributed by atoms with E-state index in [1.54, 1.807) is 12.1 Å². The topological polar surface area (TPSA) is 91.0 Å². The molecule has 2 N–H and O–H groups in total. The lowest BCUT2D eigenvalue weighted by atomic mass is 10.1. The van der Waals surface area contributed by atoms with Gasteiger partial charge in [0.1, 0.15) is 0 Å². The summed E-state index contributed by atoms with van der Waals surface area (Å²) in [4.78, 5) is 17.3. The molecule has 1 heterocycles. The first-order valence-corrected chi connectivity index (χ1v) is 9.99. The van der Waals surface area contributed by atoms with Crippen molar-refractivity contribution in [2.75, 3.05) is 13.1 Å². The van der Waals surface area contributed by atoms with E-state index >= 15 is 0 Å². The third-order valence-corrected chi connectivity index (χ3v) is 5.22. The number of hydrogen-bond acceptors (Lipinski definition) is 4. The summed E-state index contributed by atoms with van der Waals surface area (Å²) < 4.78 is 1.03. The number of hydrogen-bond donors (Lipinski definition) is 2. The molecule has 3 rings (SSSR count). The third kappa shape index (κ3) is 7.23. The van der Waals surface area contributed by atoms with Crippen molar-refractivity contribution in [3.05, 3.63) is 74.2 Å². The molecule has 7 nitrogen and oxygen atoms in total. The summed E-state index contributed by atoms with van der Waals surface area (Å²) in [5, 5.41) is 23.9. The molecule has 0 unspecified atom stereocenters. The lowest BCUT2D eigenvalue weighted by molar-refractivity contribution is -0.384. The van der Waals surface area contributed by atoms with Crippen LogP contribution in [0.5, 0.6) is 0 Å². The monoisotopic (exact) mass is 574 g/mol. The van der Waals surface area contributed by atoms with Crippen molar-refractivity contribution in [2.45, 2.75) is 32.0 Å². The highest BCUT2D eigenvalue weighted by molar-refractivity contribution is 14.0. The molecule has 1 fully saturated rings. The van der Waals surface area contributed by atoms with Crippen molar-refractivity contribution in [3.63, 3.8) is 0 Å². The number of aliphatic imine (C=N–C) groups is 1. The Bertz CT molecular complexity index is 823. The maximum Gasteiger partial charge on any atom is 0.269 e.